The molecule has 2 amide bonds. The summed E-state index contributed by atoms with van der Waals surface area (Å²) in [6, 6.07) is 2.49. The van der Waals surface area contributed by atoms with Crippen molar-refractivity contribution < 1.29 is 9.59 Å². The van der Waals surface area contributed by atoms with E-state index in [0.717, 1.165) is 0 Å². The zero-order valence-electron chi connectivity index (χ0n) is 8.47. The predicted octanol–water partition coefficient (Wildman–Crippen LogP) is -0.190. The molecule has 0 aromatic carbocycles. The van der Waals surface area contributed by atoms with Gasteiger partial charge in [-0.15, -0.1) is 12.4 Å². The van der Waals surface area contributed by atoms with Gasteiger partial charge in [-0.05, 0) is 6.92 Å². The highest BCUT2D eigenvalue weighted by molar-refractivity contribution is 5.85. The van der Waals surface area contributed by atoms with Crippen molar-refractivity contribution >= 4 is 31.2 Å². The Hall–Kier alpha value is -1.39. The van der Waals surface area contributed by atoms with Crippen molar-refractivity contribution in [3.63, 3.8) is 0 Å². The molecule has 0 heterocycles. The van der Waals surface area contributed by atoms with Crippen molar-refractivity contribution in [3.8, 4) is 0 Å². The van der Waals surface area contributed by atoms with Crippen LogP contribution in [0.2, 0.25) is 0 Å². The number of hydrogen-bond acceptors (Lipinski definition) is 4. The summed E-state index contributed by atoms with van der Waals surface area (Å²) in [5.74, 6) is 0. The number of nitrogens with zero attached hydrogens (tertiary/aromatic N) is 2. The molecule has 0 aliphatic heterocycles. The lowest BCUT2D eigenvalue weighted by atomic mass is 10.3. The number of rotatable bonds is 8. The van der Waals surface area contributed by atoms with Crippen molar-refractivity contribution in [2.24, 2.45) is 9.98 Å². The highest BCUT2D eigenvalue weighted by Gasteiger charge is 2.02. The summed E-state index contributed by atoms with van der Waals surface area (Å²) in [5.41, 5.74) is 0. The molecule has 6 nitrogen and oxygen atoms in total. The smallest absolute Gasteiger partial charge is 0.208 e. The zero-order valence-corrected chi connectivity index (χ0v) is 9.29. The monoisotopic (exact) mass is 234 g/mol. The number of carbonyl (C=O) groups excluding carboxylic acids is 2. The van der Waals surface area contributed by atoms with Gasteiger partial charge in [0.25, 0.3) is 0 Å². The molecule has 0 radical (unpaired) electrons. The molecule has 0 bridgehead atoms. The van der Waals surface area contributed by atoms with E-state index in [1.807, 2.05) is 6.92 Å². The minimum Gasteiger partial charge on any atom is -0.339 e. The van der Waals surface area contributed by atoms with E-state index in [2.05, 4.69) is 26.6 Å². The third kappa shape index (κ3) is 10.5. The molecule has 2 N–H and O–H groups in total. The molecule has 0 aromatic rings. The van der Waals surface area contributed by atoms with Crippen molar-refractivity contribution in [2.75, 3.05) is 13.1 Å². The van der Waals surface area contributed by atoms with Crippen molar-refractivity contribution in [2.45, 2.75) is 19.5 Å². The first-order chi connectivity index (χ1) is 6.85. The summed E-state index contributed by atoms with van der Waals surface area (Å²) in [7, 11) is 0. The van der Waals surface area contributed by atoms with Gasteiger partial charge < -0.3 is 10.6 Å². The Morgan fingerprint density at radius 1 is 1.27 bits per heavy atom. The first kappa shape index (κ1) is 16.1. The van der Waals surface area contributed by atoms with Crippen LogP contribution in [0.3, 0.4) is 0 Å². The highest BCUT2D eigenvalue weighted by Crippen LogP contribution is 1.85. The van der Waals surface area contributed by atoms with Gasteiger partial charge in [-0.25, -0.2) is 9.98 Å². The number of nitrogens with one attached hydrogen (secondary N) is 2. The van der Waals surface area contributed by atoms with Gasteiger partial charge in [0.15, 0.2) is 0 Å². The SMILES string of the molecule is CCN=C=NCCC(NC=O)NC=O.Cl. The van der Waals surface area contributed by atoms with Crippen LogP contribution in [0.4, 0.5) is 0 Å². The Morgan fingerprint density at radius 3 is 2.33 bits per heavy atom. The molecule has 0 atom stereocenters. The second-order valence-corrected chi connectivity index (χ2v) is 2.37. The maximum absolute atomic E-state index is 10.1. The molecule has 0 aliphatic carbocycles. The Bertz CT molecular complexity index is 219. The van der Waals surface area contributed by atoms with Crippen LogP contribution in [-0.4, -0.2) is 38.1 Å². The van der Waals surface area contributed by atoms with Gasteiger partial charge in [-0.3, -0.25) is 9.59 Å². The van der Waals surface area contributed by atoms with E-state index in [4.69, 9.17) is 0 Å². The third-order valence-electron chi connectivity index (χ3n) is 1.37. The molecule has 86 valence electrons. The number of halogens is 1. The number of carbonyl (C=O) groups is 2. The van der Waals surface area contributed by atoms with Crippen LogP contribution in [0.15, 0.2) is 9.98 Å². The summed E-state index contributed by atoms with van der Waals surface area (Å²) in [4.78, 5) is 27.8. The second kappa shape index (κ2) is 12.6. The Balaban J connectivity index is 0. The molecule has 0 aromatic heterocycles. The Morgan fingerprint density at radius 2 is 1.87 bits per heavy atom. The minimum absolute atomic E-state index is 0. The molecular weight excluding hydrogens is 220 g/mol. The maximum Gasteiger partial charge on any atom is 0.208 e. The number of hydrogen-bond donors (Lipinski definition) is 2. The standard InChI is InChI=1S/C8H14N4O2.ClH/c1-2-9-5-10-4-3-8(11-6-13)12-7-14;/h6-8H,2-4H2,1H3,(H,11,13)(H,12,14);1H. The normalized spacial score (nSPS) is 8.13. The molecule has 7 heteroatoms. The topological polar surface area (TPSA) is 82.9 Å². The van der Waals surface area contributed by atoms with Crippen molar-refractivity contribution in [3.05, 3.63) is 0 Å². The summed E-state index contributed by atoms with van der Waals surface area (Å²) in [5, 5.41) is 4.87. The molecule has 0 aliphatic rings. The molecule has 0 unspecified atom stereocenters. The van der Waals surface area contributed by atoms with Gasteiger partial charge in [-0.2, -0.15) is 0 Å². The predicted molar refractivity (Wildman–Crippen MR) is 59.3 cm³/mol. The van der Waals surface area contributed by atoms with Crippen LogP contribution >= 0.6 is 12.4 Å². The molecular formula is C8H15ClN4O2. The van der Waals surface area contributed by atoms with E-state index in [-0.39, 0.29) is 18.6 Å². The molecule has 0 saturated heterocycles. The summed E-state index contributed by atoms with van der Waals surface area (Å²) in [6.45, 7) is 2.98. The number of amides is 2. The van der Waals surface area contributed by atoms with E-state index in [1.165, 1.54) is 0 Å². The third-order valence-corrected chi connectivity index (χ3v) is 1.37. The molecule has 0 rings (SSSR count). The van der Waals surface area contributed by atoms with Crippen LogP contribution in [0, 0.1) is 0 Å². The van der Waals surface area contributed by atoms with Crippen LogP contribution in [0.25, 0.3) is 0 Å². The van der Waals surface area contributed by atoms with Crippen molar-refractivity contribution in [1.82, 2.24) is 10.6 Å². The van der Waals surface area contributed by atoms with Crippen molar-refractivity contribution in [1.29, 1.82) is 0 Å². The lowest BCUT2D eigenvalue weighted by Crippen LogP contribution is -2.41. The average Bonchev–Trinajstić information content (AvgIpc) is 2.18. The molecule has 0 saturated carbocycles. The first-order valence-electron chi connectivity index (χ1n) is 4.32. The van der Waals surface area contributed by atoms with E-state index in [0.29, 0.717) is 32.3 Å². The van der Waals surface area contributed by atoms with Gasteiger partial charge in [-0.1, -0.05) is 0 Å². The first-order valence-corrected chi connectivity index (χ1v) is 4.32. The Kier molecular flexibility index (Phi) is 13.5. The second-order valence-electron chi connectivity index (χ2n) is 2.37. The van der Waals surface area contributed by atoms with Crippen LogP contribution in [-0.2, 0) is 9.59 Å². The summed E-state index contributed by atoms with van der Waals surface area (Å²) >= 11 is 0. The van der Waals surface area contributed by atoms with Crippen LogP contribution < -0.4 is 10.6 Å². The van der Waals surface area contributed by atoms with Gasteiger partial charge in [0.05, 0.1) is 12.6 Å². The van der Waals surface area contributed by atoms with E-state index < -0.39 is 0 Å². The van der Waals surface area contributed by atoms with Crippen LogP contribution in [0.5, 0.6) is 0 Å². The Labute approximate surface area is 94.7 Å². The zero-order chi connectivity index (χ0) is 10.6. The fourth-order valence-corrected chi connectivity index (χ4v) is 0.743. The van der Waals surface area contributed by atoms with Gasteiger partial charge in [0.1, 0.15) is 6.17 Å². The highest BCUT2D eigenvalue weighted by atomic mass is 35.5. The summed E-state index contributed by atoms with van der Waals surface area (Å²) < 4.78 is 0. The fourth-order valence-electron chi connectivity index (χ4n) is 0.743. The van der Waals surface area contributed by atoms with Gasteiger partial charge >= 0.3 is 0 Å². The maximum atomic E-state index is 10.1. The number of aliphatic imine (C=N–C) groups is 2. The van der Waals surface area contributed by atoms with Gasteiger partial charge in [0, 0.05) is 13.0 Å². The van der Waals surface area contributed by atoms with Crippen LogP contribution in [0.1, 0.15) is 13.3 Å². The fraction of sp³-hybridized carbons (Fsp3) is 0.625. The quantitative estimate of drug-likeness (QED) is 0.347. The largest absolute Gasteiger partial charge is 0.339 e. The van der Waals surface area contributed by atoms with E-state index >= 15 is 0 Å². The lowest BCUT2D eigenvalue weighted by Gasteiger charge is -2.12. The molecule has 15 heavy (non-hydrogen) atoms. The van der Waals surface area contributed by atoms with Gasteiger partial charge in [0.2, 0.25) is 12.8 Å². The summed E-state index contributed by atoms with van der Waals surface area (Å²) in [6.07, 6.45) is 1.21. The minimum atomic E-state index is -0.378. The average molecular weight is 235 g/mol. The van der Waals surface area contributed by atoms with E-state index in [1.54, 1.807) is 0 Å². The molecule has 0 fully saturated rings. The molecule has 0 spiro atoms. The van der Waals surface area contributed by atoms with E-state index in [9.17, 15) is 9.59 Å². The lowest BCUT2D eigenvalue weighted by molar-refractivity contribution is -0.112.